The second-order valence-electron chi connectivity index (χ2n) is 5.71. The molecule has 0 spiro atoms. The second kappa shape index (κ2) is 6.64. The van der Waals surface area contributed by atoms with Gasteiger partial charge in [-0.2, -0.15) is 0 Å². The van der Waals surface area contributed by atoms with E-state index < -0.39 is 0 Å². The summed E-state index contributed by atoms with van der Waals surface area (Å²) in [5, 5.41) is 0. The summed E-state index contributed by atoms with van der Waals surface area (Å²) in [7, 11) is 0. The van der Waals surface area contributed by atoms with E-state index in [0.717, 1.165) is 25.1 Å². The maximum atomic E-state index is 12.2. The van der Waals surface area contributed by atoms with Gasteiger partial charge in [-0.3, -0.25) is 4.79 Å². The van der Waals surface area contributed by atoms with E-state index in [4.69, 9.17) is 10.5 Å². The molecule has 4 heteroatoms. The normalized spacial score (nSPS) is 18.6. The van der Waals surface area contributed by atoms with Crippen molar-refractivity contribution < 1.29 is 9.53 Å². The van der Waals surface area contributed by atoms with Crippen molar-refractivity contribution in [2.45, 2.75) is 39.2 Å². The van der Waals surface area contributed by atoms with Gasteiger partial charge in [0.1, 0.15) is 5.75 Å². The number of rotatable bonds is 5. The van der Waals surface area contributed by atoms with Gasteiger partial charge in [0.15, 0.2) is 0 Å². The Bertz CT molecular complexity index is 442. The van der Waals surface area contributed by atoms with Crippen molar-refractivity contribution in [1.82, 2.24) is 4.90 Å². The standard InChI is InChI=1S/C16H24N2O2/c1-12(2)15-4-3-10-18(15)16(19)9-11-20-14-7-5-13(17)6-8-14/h5-8,12,15H,3-4,9-11,17H2,1-2H3. The van der Waals surface area contributed by atoms with E-state index in [9.17, 15) is 4.79 Å². The smallest absolute Gasteiger partial charge is 0.226 e. The number of anilines is 1. The summed E-state index contributed by atoms with van der Waals surface area (Å²) >= 11 is 0. The molecule has 0 aromatic heterocycles. The van der Waals surface area contributed by atoms with Gasteiger partial charge in [0, 0.05) is 18.3 Å². The third-order valence-electron chi connectivity index (χ3n) is 3.85. The van der Waals surface area contributed by atoms with Gasteiger partial charge in [0.05, 0.1) is 13.0 Å². The molecular weight excluding hydrogens is 252 g/mol. The molecule has 1 aliphatic heterocycles. The minimum Gasteiger partial charge on any atom is -0.493 e. The number of benzene rings is 1. The Kier molecular flexibility index (Phi) is 4.88. The zero-order chi connectivity index (χ0) is 14.5. The van der Waals surface area contributed by atoms with Crippen LogP contribution in [0.15, 0.2) is 24.3 Å². The molecule has 1 aromatic rings. The van der Waals surface area contributed by atoms with Gasteiger partial charge in [0.25, 0.3) is 0 Å². The molecule has 2 rings (SSSR count). The van der Waals surface area contributed by atoms with Crippen LogP contribution in [0.1, 0.15) is 33.1 Å². The van der Waals surface area contributed by atoms with E-state index in [1.807, 2.05) is 17.0 Å². The topological polar surface area (TPSA) is 55.6 Å². The van der Waals surface area contributed by atoms with Crippen LogP contribution >= 0.6 is 0 Å². The van der Waals surface area contributed by atoms with Crippen LogP contribution in [0.5, 0.6) is 5.75 Å². The lowest BCUT2D eigenvalue weighted by Crippen LogP contribution is -2.39. The molecule has 1 aromatic carbocycles. The van der Waals surface area contributed by atoms with Crippen LogP contribution in [0.3, 0.4) is 0 Å². The Balaban J connectivity index is 1.79. The summed E-state index contributed by atoms with van der Waals surface area (Å²) in [5.74, 6) is 1.49. The van der Waals surface area contributed by atoms with Gasteiger partial charge in [-0.1, -0.05) is 13.8 Å². The predicted octanol–water partition coefficient (Wildman–Crippen LogP) is 2.68. The molecule has 1 saturated heterocycles. The minimum atomic E-state index is 0.205. The van der Waals surface area contributed by atoms with Crippen molar-refractivity contribution >= 4 is 11.6 Å². The van der Waals surface area contributed by atoms with E-state index in [-0.39, 0.29) is 5.91 Å². The molecule has 1 atom stereocenters. The quantitative estimate of drug-likeness (QED) is 0.841. The molecule has 1 aliphatic rings. The van der Waals surface area contributed by atoms with Gasteiger partial charge in [-0.05, 0) is 43.0 Å². The van der Waals surface area contributed by atoms with Crippen molar-refractivity contribution in [3.63, 3.8) is 0 Å². The molecule has 4 nitrogen and oxygen atoms in total. The lowest BCUT2D eigenvalue weighted by Gasteiger charge is -2.27. The number of carbonyl (C=O) groups excluding carboxylic acids is 1. The van der Waals surface area contributed by atoms with E-state index >= 15 is 0 Å². The van der Waals surface area contributed by atoms with E-state index in [1.165, 1.54) is 0 Å². The molecular formula is C16H24N2O2. The van der Waals surface area contributed by atoms with E-state index in [2.05, 4.69) is 13.8 Å². The largest absolute Gasteiger partial charge is 0.493 e. The predicted molar refractivity (Wildman–Crippen MR) is 80.5 cm³/mol. The van der Waals surface area contributed by atoms with Gasteiger partial charge in [-0.25, -0.2) is 0 Å². The fraction of sp³-hybridized carbons (Fsp3) is 0.562. The maximum absolute atomic E-state index is 12.2. The molecule has 20 heavy (non-hydrogen) atoms. The second-order valence-corrected chi connectivity index (χ2v) is 5.71. The van der Waals surface area contributed by atoms with Gasteiger partial charge in [0.2, 0.25) is 5.91 Å². The minimum absolute atomic E-state index is 0.205. The SMILES string of the molecule is CC(C)C1CCCN1C(=O)CCOc1ccc(N)cc1. The molecule has 0 aliphatic carbocycles. The molecule has 1 unspecified atom stereocenters. The highest BCUT2D eigenvalue weighted by atomic mass is 16.5. The first-order valence-corrected chi connectivity index (χ1v) is 7.35. The van der Waals surface area contributed by atoms with E-state index in [0.29, 0.717) is 30.7 Å². The zero-order valence-electron chi connectivity index (χ0n) is 12.3. The summed E-state index contributed by atoms with van der Waals surface area (Å²) in [6.07, 6.45) is 2.68. The highest BCUT2D eigenvalue weighted by molar-refractivity contribution is 5.77. The fourth-order valence-electron chi connectivity index (χ4n) is 2.76. The van der Waals surface area contributed by atoms with Crippen LogP contribution < -0.4 is 10.5 Å². The lowest BCUT2D eigenvalue weighted by molar-refractivity contribution is -0.133. The molecule has 2 N–H and O–H groups in total. The van der Waals surface area contributed by atoms with Crippen molar-refractivity contribution in [2.24, 2.45) is 5.92 Å². The Morgan fingerprint density at radius 2 is 2.10 bits per heavy atom. The van der Waals surface area contributed by atoms with Crippen LogP contribution in [0.2, 0.25) is 0 Å². The molecule has 0 bridgehead atoms. The highest BCUT2D eigenvalue weighted by Gasteiger charge is 2.30. The Labute approximate surface area is 120 Å². The molecule has 0 radical (unpaired) electrons. The number of ether oxygens (including phenoxy) is 1. The number of nitrogens with two attached hydrogens (primary N) is 1. The number of nitrogens with zero attached hydrogens (tertiary/aromatic N) is 1. The number of amides is 1. The van der Waals surface area contributed by atoms with Crippen molar-refractivity contribution in [3.8, 4) is 5.75 Å². The molecule has 1 heterocycles. The highest BCUT2D eigenvalue weighted by Crippen LogP contribution is 2.24. The van der Waals surface area contributed by atoms with Crippen LogP contribution in [0, 0.1) is 5.92 Å². The van der Waals surface area contributed by atoms with Crippen LogP contribution in [0.25, 0.3) is 0 Å². The first kappa shape index (κ1) is 14.7. The van der Waals surface area contributed by atoms with Gasteiger partial charge < -0.3 is 15.4 Å². The Morgan fingerprint density at radius 3 is 2.75 bits per heavy atom. The van der Waals surface area contributed by atoms with Crippen molar-refractivity contribution in [3.05, 3.63) is 24.3 Å². The monoisotopic (exact) mass is 276 g/mol. The van der Waals surface area contributed by atoms with E-state index in [1.54, 1.807) is 12.1 Å². The van der Waals surface area contributed by atoms with Crippen LogP contribution in [-0.2, 0) is 4.79 Å². The molecule has 1 fully saturated rings. The number of hydrogen-bond donors (Lipinski definition) is 1. The lowest BCUT2D eigenvalue weighted by atomic mass is 10.0. The summed E-state index contributed by atoms with van der Waals surface area (Å²) in [6.45, 7) is 5.68. The van der Waals surface area contributed by atoms with Crippen molar-refractivity contribution in [2.75, 3.05) is 18.9 Å². The number of carbonyl (C=O) groups is 1. The average Bonchev–Trinajstić information content (AvgIpc) is 2.90. The third-order valence-corrected chi connectivity index (χ3v) is 3.85. The zero-order valence-corrected chi connectivity index (χ0v) is 12.3. The summed E-state index contributed by atoms with van der Waals surface area (Å²) in [5.41, 5.74) is 6.33. The molecule has 1 amide bonds. The van der Waals surface area contributed by atoms with Crippen LogP contribution in [-0.4, -0.2) is 30.0 Å². The fourth-order valence-corrected chi connectivity index (χ4v) is 2.76. The summed E-state index contributed by atoms with van der Waals surface area (Å²) in [6, 6.07) is 7.65. The number of likely N-dealkylation sites (tertiary alicyclic amines) is 1. The molecule has 110 valence electrons. The summed E-state index contributed by atoms with van der Waals surface area (Å²) < 4.78 is 5.58. The first-order valence-electron chi connectivity index (χ1n) is 7.35. The van der Waals surface area contributed by atoms with Crippen LogP contribution in [0.4, 0.5) is 5.69 Å². The average molecular weight is 276 g/mol. The molecule has 0 saturated carbocycles. The Morgan fingerprint density at radius 1 is 1.40 bits per heavy atom. The van der Waals surface area contributed by atoms with Gasteiger partial charge in [-0.15, -0.1) is 0 Å². The first-order chi connectivity index (χ1) is 9.58. The number of nitrogen functional groups attached to an aromatic ring is 1. The number of hydrogen-bond acceptors (Lipinski definition) is 3. The maximum Gasteiger partial charge on any atom is 0.226 e. The third kappa shape index (κ3) is 3.65. The summed E-state index contributed by atoms with van der Waals surface area (Å²) in [4.78, 5) is 14.3. The Hall–Kier alpha value is -1.71. The van der Waals surface area contributed by atoms with Crippen molar-refractivity contribution in [1.29, 1.82) is 0 Å². The van der Waals surface area contributed by atoms with Gasteiger partial charge >= 0.3 is 0 Å².